The molecule has 0 saturated carbocycles. The highest BCUT2D eigenvalue weighted by molar-refractivity contribution is 6.34. The minimum absolute atomic E-state index is 0. The molecule has 3 aliphatic rings. The maximum Gasteiger partial charge on any atom is 0.252 e. The molecule has 0 spiro atoms. The number of carbonyl (C=O) groups excluding carboxylic acids is 1. The number of nitrogens with one attached hydrogen (secondary N) is 2. The number of aliphatic imine (C=N–C) groups is 1. The Labute approximate surface area is 249 Å². The molecule has 2 saturated heterocycles. The Kier molecular flexibility index (Phi) is 10.1. The van der Waals surface area contributed by atoms with Gasteiger partial charge in [-0.3, -0.25) is 4.79 Å². The van der Waals surface area contributed by atoms with Crippen LogP contribution in [0, 0.1) is 5.82 Å². The lowest BCUT2D eigenvalue weighted by molar-refractivity contribution is 0.0950. The van der Waals surface area contributed by atoms with Crippen molar-refractivity contribution >= 4 is 65.0 Å². The van der Waals surface area contributed by atoms with Gasteiger partial charge in [0.2, 0.25) is 5.95 Å². The van der Waals surface area contributed by atoms with Gasteiger partial charge in [-0.2, -0.15) is 0 Å². The number of nitrogens with zero attached hydrogens (tertiary/aromatic N) is 4. The zero-order valence-corrected chi connectivity index (χ0v) is 24.4. The van der Waals surface area contributed by atoms with Gasteiger partial charge in [-0.1, -0.05) is 17.7 Å². The normalized spacial score (nSPS) is 19.2. The van der Waals surface area contributed by atoms with Crippen LogP contribution in [0.5, 0.6) is 0 Å². The Hall–Kier alpha value is -2.30. The third-order valence-electron chi connectivity index (χ3n) is 7.82. The number of piperidine rings is 1. The Bertz CT molecular complexity index is 1400. The zero-order valence-electron chi connectivity index (χ0n) is 22.0. The summed E-state index contributed by atoms with van der Waals surface area (Å²) in [6, 6.07) is 9.00. The van der Waals surface area contributed by atoms with Crippen molar-refractivity contribution in [2.45, 2.75) is 50.9 Å². The number of carbonyl (C=O) groups is 1. The lowest BCUT2D eigenvalue weighted by Gasteiger charge is -2.28. The van der Waals surface area contributed by atoms with Crippen LogP contribution in [0.4, 0.5) is 14.7 Å². The summed E-state index contributed by atoms with van der Waals surface area (Å²) in [7, 11) is 0. The molecule has 216 valence electrons. The maximum atomic E-state index is 15.0. The van der Waals surface area contributed by atoms with Crippen LogP contribution in [0.15, 0.2) is 35.3 Å². The lowest BCUT2D eigenvalue weighted by Crippen LogP contribution is -2.36. The van der Waals surface area contributed by atoms with Crippen LogP contribution in [-0.4, -0.2) is 65.0 Å². The van der Waals surface area contributed by atoms with Gasteiger partial charge in [0.25, 0.3) is 5.91 Å². The first-order chi connectivity index (χ1) is 18.5. The molecule has 1 aromatic heterocycles. The van der Waals surface area contributed by atoms with Crippen molar-refractivity contribution in [3.05, 3.63) is 57.9 Å². The Morgan fingerprint density at radius 2 is 1.95 bits per heavy atom. The average molecular weight is 614 g/mol. The van der Waals surface area contributed by atoms with Crippen LogP contribution in [0.1, 0.15) is 59.6 Å². The van der Waals surface area contributed by atoms with Crippen LogP contribution in [-0.2, 0) is 6.54 Å². The highest BCUT2D eigenvalue weighted by Crippen LogP contribution is 2.33. The molecule has 12 heteroatoms. The van der Waals surface area contributed by atoms with Crippen LogP contribution >= 0.6 is 36.4 Å². The van der Waals surface area contributed by atoms with E-state index < -0.39 is 6.17 Å². The van der Waals surface area contributed by atoms with E-state index in [1.165, 1.54) is 0 Å². The molecule has 7 nitrogen and oxygen atoms in total. The summed E-state index contributed by atoms with van der Waals surface area (Å²) >= 11 is 6.51. The van der Waals surface area contributed by atoms with Gasteiger partial charge in [-0.05, 0) is 75.0 Å². The first-order valence-electron chi connectivity index (χ1n) is 13.4. The summed E-state index contributed by atoms with van der Waals surface area (Å²) in [5.41, 5.74) is 3.79. The molecule has 0 bridgehead atoms. The summed E-state index contributed by atoms with van der Waals surface area (Å²) in [6.45, 7) is 4.21. The van der Waals surface area contributed by atoms with Crippen molar-refractivity contribution in [1.82, 2.24) is 25.1 Å². The van der Waals surface area contributed by atoms with Crippen molar-refractivity contribution in [2.24, 2.45) is 4.99 Å². The van der Waals surface area contributed by atoms with Crippen molar-refractivity contribution in [1.29, 1.82) is 0 Å². The van der Waals surface area contributed by atoms with Crippen molar-refractivity contribution in [2.75, 3.05) is 32.7 Å². The molecule has 1 atom stereocenters. The van der Waals surface area contributed by atoms with Crippen LogP contribution in [0.25, 0.3) is 11.0 Å². The number of alkyl halides is 1. The predicted molar refractivity (Wildman–Crippen MR) is 159 cm³/mol. The Morgan fingerprint density at radius 3 is 2.67 bits per heavy atom. The van der Waals surface area contributed by atoms with E-state index in [1.54, 1.807) is 24.3 Å². The number of imidazole rings is 1. The average Bonchev–Trinajstić information content (AvgIpc) is 3.64. The third kappa shape index (κ3) is 6.29. The molecule has 4 heterocycles. The van der Waals surface area contributed by atoms with E-state index in [2.05, 4.69) is 25.5 Å². The molecular formula is C28H33Cl3F2N6O. The number of hydrogen-bond acceptors (Lipinski definition) is 5. The molecule has 0 aliphatic carbocycles. The molecule has 2 aromatic carbocycles. The summed E-state index contributed by atoms with van der Waals surface area (Å²) in [5, 5.41) is 6.66. The van der Waals surface area contributed by atoms with Gasteiger partial charge in [0.15, 0.2) is 0 Å². The molecule has 2 N–H and O–H groups in total. The van der Waals surface area contributed by atoms with Crippen LogP contribution < -0.4 is 10.6 Å². The molecule has 2 fully saturated rings. The number of rotatable bonds is 7. The van der Waals surface area contributed by atoms with Gasteiger partial charge < -0.3 is 20.1 Å². The van der Waals surface area contributed by atoms with Crippen molar-refractivity contribution < 1.29 is 13.6 Å². The van der Waals surface area contributed by atoms with E-state index in [1.807, 2.05) is 10.6 Å². The summed E-state index contributed by atoms with van der Waals surface area (Å²) < 4.78 is 30.2. The second kappa shape index (κ2) is 13.1. The second-order valence-electron chi connectivity index (χ2n) is 10.4. The third-order valence-corrected chi connectivity index (χ3v) is 8.14. The molecular weight excluding hydrogens is 581 g/mol. The Balaban J connectivity index is 0.00000185. The number of benzene rings is 2. The molecule has 3 aliphatic heterocycles. The molecule has 3 aromatic rings. The maximum absolute atomic E-state index is 15.0. The van der Waals surface area contributed by atoms with E-state index in [0.717, 1.165) is 56.5 Å². The molecule has 0 radical (unpaired) electrons. The highest BCUT2D eigenvalue weighted by Gasteiger charge is 2.25. The minimum atomic E-state index is -0.684. The van der Waals surface area contributed by atoms with E-state index >= 15 is 4.39 Å². The second-order valence-corrected chi connectivity index (χ2v) is 10.8. The first-order valence-corrected chi connectivity index (χ1v) is 13.8. The number of halogens is 5. The first kappa shape index (κ1) is 30.7. The topological polar surface area (TPSA) is 74.6 Å². The van der Waals surface area contributed by atoms with Gasteiger partial charge >= 0.3 is 0 Å². The fraction of sp³-hybridized carbons (Fsp3) is 0.464. The van der Waals surface area contributed by atoms with Gasteiger partial charge in [0.1, 0.15) is 12.0 Å². The number of aromatic nitrogens is 2. The monoisotopic (exact) mass is 612 g/mol. The van der Waals surface area contributed by atoms with Crippen LogP contribution in [0.3, 0.4) is 0 Å². The molecule has 6 rings (SSSR count). The fourth-order valence-corrected chi connectivity index (χ4v) is 5.92. The minimum Gasteiger partial charge on any atom is -0.352 e. The SMILES string of the molecule is Cl.Cl.O=C(NCCCN1CCC(F)CC1)c1cc2nc3n(c2cc1Cl)CC(c1ccc(C2CCCN2)cc1F)=N3. The van der Waals surface area contributed by atoms with E-state index in [0.29, 0.717) is 59.3 Å². The molecule has 1 unspecified atom stereocenters. The highest BCUT2D eigenvalue weighted by atomic mass is 35.5. The van der Waals surface area contributed by atoms with Gasteiger partial charge in [0.05, 0.1) is 33.9 Å². The van der Waals surface area contributed by atoms with E-state index in [-0.39, 0.29) is 42.6 Å². The number of hydrogen-bond donors (Lipinski definition) is 2. The lowest BCUT2D eigenvalue weighted by atomic mass is 10.0. The number of fused-ring (bicyclic) bond motifs is 3. The summed E-state index contributed by atoms with van der Waals surface area (Å²) in [6.07, 6.45) is 3.39. The smallest absolute Gasteiger partial charge is 0.252 e. The van der Waals surface area contributed by atoms with Crippen molar-refractivity contribution in [3.8, 4) is 0 Å². The summed E-state index contributed by atoms with van der Waals surface area (Å²) in [4.78, 5) is 24.2. The zero-order chi connectivity index (χ0) is 26.2. The standard InChI is InChI=1S/C28H31ClF2N6O.2ClH/c29-21-15-26-24(14-20(21)27(38)33-9-2-10-36-11-6-18(30)7-12-36)34-28-35-25(16-37(26)28)19-5-4-17(13-22(19)31)23-3-1-8-32-23;;/h4-5,13-15,18,23,32H,1-3,6-12,16H2,(H,33,38);2*1H. The van der Waals surface area contributed by atoms with Gasteiger partial charge in [0, 0.05) is 31.2 Å². The van der Waals surface area contributed by atoms with E-state index in [4.69, 9.17) is 11.6 Å². The predicted octanol–water partition coefficient (Wildman–Crippen LogP) is 5.79. The number of likely N-dealkylation sites (tertiary alicyclic amines) is 1. The summed E-state index contributed by atoms with van der Waals surface area (Å²) in [5.74, 6) is -0.0638. The molecule has 40 heavy (non-hydrogen) atoms. The van der Waals surface area contributed by atoms with Gasteiger partial charge in [-0.25, -0.2) is 18.8 Å². The van der Waals surface area contributed by atoms with Crippen molar-refractivity contribution in [3.63, 3.8) is 0 Å². The largest absolute Gasteiger partial charge is 0.352 e. The fourth-order valence-electron chi connectivity index (χ4n) is 5.68. The molecule has 1 amide bonds. The van der Waals surface area contributed by atoms with Gasteiger partial charge in [-0.15, -0.1) is 24.8 Å². The number of amides is 1. The van der Waals surface area contributed by atoms with Crippen LogP contribution in [0.2, 0.25) is 5.02 Å². The Morgan fingerprint density at radius 1 is 1.15 bits per heavy atom. The van der Waals surface area contributed by atoms with E-state index in [9.17, 15) is 9.18 Å². The quantitative estimate of drug-likeness (QED) is 0.331.